The maximum atomic E-state index is 13.2. The molecule has 0 saturated carbocycles. The van der Waals surface area contributed by atoms with Gasteiger partial charge in [0.15, 0.2) is 0 Å². The highest BCUT2D eigenvalue weighted by Gasteiger charge is 2.36. The molecule has 0 radical (unpaired) electrons. The average molecular weight is 458 g/mol. The van der Waals surface area contributed by atoms with Crippen LogP contribution in [0.15, 0.2) is 30.3 Å². The molecule has 0 spiro atoms. The van der Waals surface area contributed by atoms with Crippen LogP contribution in [0.1, 0.15) is 23.6 Å². The van der Waals surface area contributed by atoms with Crippen molar-refractivity contribution in [2.75, 3.05) is 0 Å². The molecule has 0 bridgehead atoms. The van der Waals surface area contributed by atoms with Gasteiger partial charge in [0.1, 0.15) is 21.4 Å². The van der Waals surface area contributed by atoms with Crippen molar-refractivity contribution in [2.45, 2.75) is 25.1 Å². The SMILES string of the molecule is CC(C#N)(Cn1nc2cc(Cl)c(Cl)cc2n1)c1cc(C(F)(F)F)ccc1C(N)=S. The van der Waals surface area contributed by atoms with Crippen LogP contribution in [0.3, 0.4) is 0 Å². The fourth-order valence-electron chi connectivity index (χ4n) is 2.88. The number of hydrogen-bond acceptors (Lipinski definition) is 4. The Bertz CT molecular complexity index is 1130. The summed E-state index contributed by atoms with van der Waals surface area (Å²) in [7, 11) is 0. The number of hydrogen-bond donors (Lipinski definition) is 1. The van der Waals surface area contributed by atoms with Crippen LogP contribution in [0, 0.1) is 11.3 Å². The summed E-state index contributed by atoms with van der Waals surface area (Å²) >= 11 is 16.9. The highest BCUT2D eigenvalue weighted by Crippen LogP contribution is 2.36. The number of nitriles is 1. The molecule has 3 aromatic rings. The minimum atomic E-state index is -4.59. The van der Waals surface area contributed by atoms with Gasteiger partial charge >= 0.3 is 6.18 Å². The maximum Gasteiger partial charge on any atom is 0.416 e. The zero-order valence-corrected chi connectivity index (χ0v) is 17.1. The van der Waals surface area contributed by atoms with Crippen LogP contribution >= 0.6 is 35.4 Å². The summed E-state index contributed by atoms with van der Waals surface area (Å²) in [5.41, 5.74) is 4.40. The number of alkyl halides is 3. The van der Waals surface area contributed by atoms with Gasteiger partial charge in [-0.25, -0.2) is 0 Å². The second kappa shape index (κ2) is 7.44. The van der Waals surface area contributed by atoms with Crippen LogP contribution in [-0.4, -0.2) is 20.0 Å². The Kier molecular flexibility index (Phi) is 5.47. The third-order valence-corrected chi connectivity index (χ3v) is 5.32. The molecule has 1 atom stereocenters. The first-order valence-electron chi connectivity index (χ1n) is 8.07. The first-order chi connectivity index (χ1) is 13.4. The average Bonchev–Trinajstić information content (AvgIpc) is 3.01. The monoisotopic (exact) mass is 457 g/mol. The zero-order chi connectivity index (χ0) is 21.6. The van der Waals surface area contributed by atoms with E-state index in [9.17, 15) is 18.4 Å². The van der Waals surface area contributed by atoms with Crippen molar-refractivity contribution < 1.29 is 13.2 Å². The van der Waals surface area contributed by atoms with Gasteiger partial charge in [-0.15, -0.1) is 0 Å². The van der Waals surface area contributed by atoms with Gasteiger partial charge in [-0.3, -0.25) is 0 Å². The molecule has 0 amide bonds. The van der Waals surface area contributed by atoms with Gasteiger partial charge in [0.05, 0.1) is 28.2 Å². The van der Waals surface area contributed by atoms with E-state index >= 15 is 0 Å². The molecule has 1 aromatic heterocycles. The van der Waals surface area contributed by atoms with Gasteiger partial charge in [0, 0.05) is 5.56 Å². The highest BCUT2D eigenvalue weighted by atomic mass is 35.5. The summed E-state index contributed by atoms with van der Waals surface area (Å²) in [5, 5.41) is 18.9. The van der Waals surface area contributed by atoms with E-state index in [-0.39, 0.29) is 32.7 Å². The number of halogens is 5. The van der Waals surface area contributed by atoms with Gasteiger partial charge in [-0.2, -0.15) is 33.4 Å². The van der Waals surface area contributed by atoms with E-state index in [0.717, 1.165) is 12.1 Å². The van der Waals surface area contributed by atoms with Crippen molar-refractivity contribution in [3.63, 3.8) is 0 Å². The lowest BCUT2D eigenvalue weighted by Crippen LogP contribution is -2.31. The zero-order valence-electron chi connectivity index (χ0n) is 14.8. The van der Waals surface area contributed by atoms with E-state index in [1.54, 1.807) is 0 Å². The third kappa shape index (κ3) is 4.15. The quantitative estimate of drug-likeness (QED) is 0.565. The molecule has 29 heavy (non-hydrogen) atoms. The molecule has 3 rings (SSSR count). The molecule has 0 aliphatic heterocycles. The molecule has 2 N–H and O–H groups in total. The molecule has 2 aromatic carbocycles. The summed E-state index contributed by atoms with van der Waals surface area (Å²) < 4.78 is 39.7. The normalized spacial score (nSPS) is 13.8. The number of aromatic nitrogens is 3. The molecule has 0 fully saturated rings. The standard InChI is InChI=1S/C18H12Cl2F3N5S/c1-17(7-24,8-28-26-14-5-12(19)13(20)6-15(14)27-28)11-4-9(18(21,22)23)2-3-10(11)16(25)29/h2-6H,8H2,1H3,(H2,25,29). The molecule has 0 saturated heterocycles. The molecule has 150 valence electrons. The molecule has 5 nitrogen and oxygen atoms in total. The van der Waals surface area contributed by atoms with Crippen molar-refractivity contribution in [1.29, 1.82) is 5.26 Å². The summed E-state index contributed by atoms with van der Waals surface area (Å²) in [6, 6.07) is 8.00. The van der Waals surface area contributed by atoms with Crippen LogP contribution in [-0.2, 0) is 18.1 Å². The van der Waals surface area contributed by atoms with E-state index < -0.39 is 17.2 Å². The molecule has 11 heteroatoms. The summed E-state index contributed by atoms with van der Waals surface area (Å²) in [6.45, 7) is 1.32. The van der Waals surface area contributed by atoms with Gasteiger partial charge in [0.2, 0.25) is 0 Å². The highest BCUT2D eigenvalue weighted by molar-refractivity contribution is 7.80. The topological polar surface area (TPSA) is 80.5 Å². The van der Waals surface area contributed by atoms with E-state index in [2.05, 4.69) is 10.2 Å². The van der Waals surface area contributed by atoms with Crippen LogP contribution in [0.25, 0.3) is 11.0 Å². The maximum absolute atomic E-state index is 13.2. The second-order valence-electron chi connectivity index (χ2n) is 6.55. The number of nitrogens with two attached hydrogens (primary N) is 1. The second-order valence-corrected chi connectivity index (χ2v) is 7.81. The predicted molar refractivity (Wildman–Crippen MR) is 108 cm³/mol. The Morgan fingerprint density at radius 2 is 1.72 bits per heavy atom. The van der Waals surface area contributed by atoms with Crippen LogP contribution in [0.2, 0.25) is 10.0 Å². The molecule has 0 aliphatic carbocycles. The Morgan fingerprint density at radius 1 is 1.17 bits per heavy atom. The molecule has 1 heterocycles. The van der Waals surface area contributed by atoms with E-state index in [1.165, 1.54) is 29.9 Å². The number of rotatable bonds is 4. The lowest BCUT2D eigenvalue weighted by atomic mass is 9.80. The molecule has 1 unspecified atom stereocenters. The minimum Gasteiger partial charge on any atom is -0.389 e. The Balaban J connectivity index is 2.12. The molecular formula is C18H12Cl2F3N5S. The predicted octanol–water partition coefficient (Wildman–Crippen LogP) is 4.87. The Labute approximate surface area is 178 Å². The van der Waals surface area contributed by atoms with Gasteiger partial charge in [0.25, 0.3) is 0 Å². The Hall–Kier alpha value is -2.41. The van der Waals surface area contributed by atoms with Crippen LogP contribution in [0.4, 0.5) is 13.2 Å². The van der Waals surface area contributed by atoms with Crippen molar-refractivity contribution in [2.24, 2.45) is 5.73 Å². The first kappa shape index (κ1) is 21.3. The Morgan fingerprint density at radius 3 is 2.17 bits per heavy atom. The van der Waals surface area contributed by atoms with Crippen molar-refractivity contribution in [3.05, 3.63) is 57.1 Å². The van der Waals surface area contributed by atoms with Crippen molar-refractivity contribution >= 4 is 51.4 Å². The lowest BCUT2D eigenvalue weighted by Gasteiger charge is -2.25. The lowest BCUT2D eigenvalue weighted by molar-refractivity contribution is -0.137. The summed E-state index contributed by atoms with van der Waals surface area (Å²) in [4.78, 5) is 1.09. The smallest absolute Gasteiger partial charge is 0.389 e. The fraction of sp³-hybridized carbons (Fsp3) is 0.222. The van der Waals surface area contributed by atoms with E-state index in [1.807, 2.05) is 6.07 Å². The minimum absolute atomic E-state index is 0.0414. The summed E-state index contributed by atoms with van der Waals surface area (Å²) in [6.07, 6.45) is -4.59. The van der Waals surface area contributed by atoms with Gasteiger partial charge in [-0.05, 0) is 36.8 Å². The molecule has 0 aliphatic rings. The molecular weight excluding hydrogens is 446 g/mol. The van der Waals surface area contributed by atoms with Crippen LogP contribution in [0.5, 0.6) is 0 Å². The van der Waals surface area contributed by atoms with E-state index in [4.69, 9.17) is 41.2 Å². The first-order valence-corrected chi connectivity index (χ1v) is 9.24. The number of nitrogens with zero attached hydrogens (tertiary/aromatic N) is 4. The van der Waals surface area contributed by atoms with Crippen molar-refractivity contribution in [3.8, 4) is 6.07 Å². The number of thiocarbonyl (C=S) groups is 1. The van der Waals surface area contributed by atoms with Crippen LogP contribution < -0.4 is 5.73 Å². The number of fused-ring (bicyclic) bond motifs is 1. The van der Waals surface area contributed by atoms with Gasteiger partial charge in [-0.1, -0.05) is 41.5 Å². The van der Waals surface area contributed by atoms with E-state index in [0.29, 0.717) is 11.0 Å². The van der Waals surface area contributed by atoms with Crippen molar-refractivity contribution in [1.82, 2.24) is 15.0 Å². The van der Waals surface area contributed by atoms with Gasteiger partial charge < -0.3 is 5.73 Å². The third-order valence-electron chi connectivity index (χ3n) is 4.38. The summed E-state index contributed by atoms with van der Waals surface area (Å²) in [5.74, 6) is 0. The fourth-order valence-corrected chi connectivity index (χ4v) is 3.38. The largest absolute Gasteiger partial charge is 0.416 e. The number of benzene rings is 2.